The van der Waals surface area contributed by atoms with Crippen molar-refractivity contribution in [1.82, 2.24) is 0 Å². The summed E-state index contributed by atoms with van der Waals surface area (Å²) < 4.78 is 11.1. The van der Waals surface area contributed by atoms with Crippen LogP contribution in [0.1, 0.15) is 79.1 Å². The van der Waals surface area contributed by atoms with E-state index in [1.807, 2.05) is 0 Å². The normalized spacial score (nSPS) is 18.2. The molecule has 0 unspecified atom stereocenters. The molecule has 128 valence electrons. The van der Waals surface area contributed by atoms with E-state index in [-0.39, 0.29) is 6.29 Å². The Hall–Kier alpha value is -0.600. The van der Waals surface area contributed by atoms with Gasteiger partial charge < -0.3 is 9.47 Å². The maximum absolute atomic E-state index is 5.57. The summed E-state index contributed by atoms with van der Waals surface area (Å²) in [6.45, 7) is 10.8. The van der Waals surface area contributed by atoms with Crippen LogP contribution in [0, 0.1) is 5.92 Å². The van der Waals surface area contributed by atoms with E-state index in [0.29, 0.717) is 0 Å². The van der Waals surface area contributed by atoms with Gasteiger partial charge in [0.05, 0.1) is 13.2 Å². The molecule has 1 aliphatic heterocycles. The van der Waals surface area contributed by atoms with Crippen LogP contribution in [0.2, 0.25) is 0 Å². The van der Waals surface area contributed by atoms with E-state index in [4.69, 9.17) is 9.47 Å². The average Bonchev–Trinajstić information content (AvgIpc) is 2.48. The number of rotatable bonds is 10. The van der Waals surface area contributed by atoms with Crippen LogP contribution < -0.4 is 0 Å². The zero-order chi connectivity index (χ0) is 16.2. The Morgan fingerprint density at radius 1 is 1.00 bits per heavy atom. The molecule has 1 heterocycles. The second-order valence-electron chi connectivity index (χ2n) is 7.03. The van der Waals surface area contributed by atoms with Crippen molar-refractivity contribution in [3.63, 3.8) is 0 Å². The molecule has 0 bridgehead atoms. The summed E-state index contributed by atoms with van der Waals surface area (Å²) >= 11 is 0. The van der Waals surface area contributed by atoms with Gasteiger partial charge in [0.15, 0.2) is 6.29 Å². The van der Waals surface area contributed by atoms with E-state index in [9.17, 15) is 0 Å². The largest absolute Gasteiger partial charge is 0.353 e. The average molecular weight is 309 g/mol. The lowest BCUT2D eigenvalue weighted by Crippen LogP contribution is -2.24. The summed E-state index contributed by atoms with van der Waals surface area (Å²) in [5.41, 5.74) is 3.04. The van der Waals surface area contributed by atoms with E-state index in [1.165, 1.54) is 37.7 Å². The van der Waals surface area contributed by atoms with Crippen molar-refractivity contribution in [3.05, 3.63) is 23.3 Å². The molecule has 0 N–H and O–H groups in total. The number of ether oxygens (including phenoxy) is 2. The fraction of sp³-hybridized carbons (Fsp3) is 0.800. The van der Waals surface area contributed by atoms with E-state index < -0.39 is 0 Å². The first-order valence-corrected chi connectivity index (χ1v) is 9.12. The SMILES string of the molecule is C/C(=C\CCC1OCCCO1)CC/C=C(\C)CCCC(C)C. The zero-order valence-corrected chi connectivity index (χ0v) is 15.2. The number of hydrogen-bond donors (Lipinski definition) is 0. The van der Waals surface area contributed by atoms with Gasteiger partial charge in [0.2, 0.25) is 0 Å². The van der Waals surface area contributed by atoms with E-state index >= 15 is 0 Å². The van der Waals surface area contributed by atoms with Crippen LogP contribution >= 0.6 is 0 Å². The summed E-state index contributed by atoms with van der Waals surface area (Å²) in [5, 5.41) is 0. The summed E-state index contributed by atoms with van der Waals surface area (Å²) in [5.74, 6) is 0.829. The first kappa shape index (κ1) is 19.4. The molecule has 0 aliphatic carbocycles. The van der Waals surface area contributed by atoms with Gasteiger partial charge in [-0.25, -0.2) is 0 Å². The standard InChI is InChI=1S/C20H36O2/c1-17(2)9-5-10-18(3)11-6-12-19(4)13-7-14-20-21-15-8-16-22-20/h11,13,17,20H,5-10,12,14-16H2,1-4H3/b18-11+,19-13+. The van der Waals surface area contributed by atoms with Crippen molar-refractivity contribution in [2.45, 2.75) is 85.4 Å². The minimum Gasteiger partial charge on any atom is -0.353 e. The molecule has 0 aromatic heterocycles. The van der Waals surface area contributed by atoms with Crippen LogP contribution in [-0.2, 0) is 9.47 Å². The van der Waals surface area contributed by atoms with Gasteiger partial charge in [-0.1, -0.05) is 43.6 Å². The van der Waals surface area contributed by atoms with Gasteiger partial charge in [0.1, 0.15) is 0 Å². The van der Waals surface area contributed by atoms with Crippen molar-refractivity contribution < 1.29 is 9.47 Å². The molecule has 1 fully saturated rings. The van der Waals surface area contributed by atoms with Crippen molar-refractivity contribution in [2.24, 2.45) is 5.92 Å². The molecular formula is C20H36O2. The van der Waals surface area contributed by atoms with Crippen molar-refractivity contribution in [2.75, 3.05) is 13.2 Å². The van der Waals surface area contributed by atoms with Crippen molar-refractivity contribution >= 4 is 0 Å². The molecule has 22 heavy (non-hydrogen) atoms. The monoisotopic (exact) mass is 308 g/mol. The lowest BCUT2D eigenvalue weighted by Gasteiger charge is -2.22. The highest BCUT2D eigenvalue weighted by Crippen LogP contribution is 2.15. The molecular weight excluding hydrogens is 272 g/mol. The van der Waals surface area contributed by atoms with Crippen LogP contribution in [0.25, 0.3) is 0 Å². The molecule has 0 atom stereocenters. The molecule has 0 spiro atoms. The van der Waals surface area contributed by atoms with Gasteiger partial charge in [-0.05, 0) is 58.3 Å². The van der Waals surface area contributed by atoms with E-state index in [1.54, 1.807) is 5.57 Å². The molecule has 1 aliphatic rings. The molecule has 1 rings (SSSR count). The number of hydrogen-bond acceptors (Lipinski definition) is 2. The Labute approximate surface area is 138 Å². The topological polar surface area (TPSA) is 18.5 Å². The van der Waals surface area contributed by atoms with Gasteiger partial charge in [-0.3, -0.25) is 0 Å². The Balaban J connectivity index is 2.10. The first-order valence-electron chi connectivity index (χ1n) is 9.12. The van der Waals surface area contributed by atoms with E-state index in [0.717, 1.165) is 38.4 Å². The lowest BCUT2D eigenvalue weighted by atomic mass is 10.0. The van der Waals surface area contributed by atoms with Crippen LogP contribution in [0.15, 0.2) is 23.3 Å². The van der Waals surface area contributed by atoms with Crippen molar-refractivity contribution in [3.8, 4) is 0 Å². The molecule has 0 amide bonds. The third-order valence-electron chi connectivity index (χ3n) is 4.18. The quantitative estimate of drug-likeness (QED) is 0.459. The van der Waals surface area contributed by atoms with Crippen LogP contribution in [0.3, 0.4) is 0 Å². The van der Waals surface area contributed by atoms with Gasteiger partial charge in [0.25, 0.3) is 0 Å². The van der Waals surface area contributed by atoms with Gasteiger partial charge >= 0.3 is 0 Å². The summed E-state index contributed by atoms with van der Waals surface area (Å²) in [6.07, 6.45) is 14.2. The van der Waals surface area contributed by atoms with Gasteiger partial charge in [-0.15, -0.1) is 0 Å². The maximum Gasteiger partial charge on any atom is 0.157 e. The highest BCUT2D eigenvalue weighted by molar-refractivity contribution is 5.03. The smallest absolute Gasteiger partial charge is 0.157 e. The fourth-order valence-corrected chi connectivity index (χ4v) is 2.71. The van der Waals surface area contributed by atoms with Gasteiger partial charge in [-0.2, -0.15) is 0 Å². The molecule has 2 heteroatoms. The predicted octanol–water partition coefficient (Wildman–Crippen LogP) is 6.03. The molecule has 0 radical (unpaired) electrons. The lowest BCUT2D eigenvalue weighted by molar-refractivity contribution is -0.180. The molecule has 0 aromatic rings. The highest BCUT2D eigenvalue weighted by atomic mass is 16.7. The van der Waals surface area contributed by atoms with Crippen LogP contribution in [0.5, 0.6) is 0 Å². The second kappa shape index (κ2) is 11.9. The third kappa shape index (κ3) is 10.2. The minimum absolute atomic E-state index is 0.0286. The molecule has 0 aromatic carbocycles. The fourth-order valence-electron chi connectivity index (χ4n) is 2.71. The predicted molar refractivity (Wildman–Crippen MR) is 95.0 cm³/mol. The maximum atomic E-state index is 5.57. The summed E-state index contributed by atoms with van der Waals surface area (Å²) in [4.78, 5) is 0. The van der Waals surface area contributed by atoms with E-state index in [2.05, 4.69) is 39.8 Å². The zero-order valence-electron chi connectivity index (χ0n) is 15.2. The third-order valence-corrected chi connectivity index (χ3v) is 4.18. The second-order valence-corrected chi connectivity index (χ2v) is 7.03. The van der Waals surface area contributed by atoms with Crippen LogP contribution in [-0.4, -0.2) is 19.5 Å². The number of allylic oxidation sites excluding steroid dienone is 4. The first-order chi connectivity index (χ1) is 10.6. The Morgan fingerprint density at radius 3 is 2.32 bits per heavy atom. The summed E-state index contributed by atoms with van der Waals surface area (Å²) in [7, 11) is 0. The molecule has 2 nitrogen and oxygen atoms in total. The Morgan fingerprint density at radius 2 is 1.64 bits per heavy atom. The summed E-state index contributed by atoms with van der Waals surface area (Å²) in [6, 6.07) is 0. The minimum atomic E-state index is 0.0286. The van der Waals surface area contributed by atoms with Gasteiger partial charge in [0, 0.05) is 6.42 Å². The molecule has 0 saturated carbocycles. The van der Waals surface area contributed by atoms with Crippen LogP contribution in [0.4, 0.5) is 0 Å². The van der Waals surface area contributed by atoms with Crippen molar-refractivity contribution in [1.29, 1.82) is 0 Å². The highest BCUT2D eigenvalue weighted by Gasteiger charge is 2.12. The molecule has 1 saturated heterocycles. The Bertz CT molecular complexity index is 336. The Kier molecular flexibility index (Phi) is 10.5.